The highest BCUT2D eigenvalue weighted by Crippen LogP contribution is 2.22. The van der Waals surface area contributed by atoms with Gasteiger partial charge in [-0.05, 0) is 37.0 Å². The first-order valence-corrected chi connectivity index (χ1v) is 8.27. The van der Waals surface area contributed by atoms with Gasteiger partial charge in [0.05, 0.1) is 11.8 Å². The summed E-state index contributed by atoms with van der Waals surface area (Å²) in [5.41, 5.74) is 8.52. The van der Waals surface area contributed by atoms with E-state index in [1.807, 2.05) is 24.3 Å². The number of hydrogen-bond donors (Lipinski definition) is 3. The van der Waals surface area contributed by atoms with Gasteiger partial charge in [-0.1, -0.05) is 24.0 Å². The van der Waals surface area contributed by atoms with E-state index in [-0.39, 0.29) is 18.8 Å². The highest BCUT2D eigenvalue weighted by molar-refractivity contribution is 5.39. The Morgan fingerprint density at radius 1 is 1.54 bits per heavy atom. The number of aliphatic hydroxyl groups is 1. The van der Waals surface area contributed by atoms with Crippen LogP contribution >= 0.6 is 0 Å². The quantitative estimate of drug-likeness (QED) is 0.692. The van der Waals surface area contributed by atoms with E-state index in [9.17, 15) is 0 Å². The van der Waals surface area contributed by atoms with Crippen LogP contribution in [-0.2, 0) is 9.47 Å². The van der Waals surface area contributed by atoms with Gasteiger partial charge in [-0.3, -0.25) is 0 Å². The molecule has 0 saturated carbocycles. The molecule has 0 aromatic heterocycles. The number of nitrogens with two attached hydrogens (primary N) is 1. The van der Waals surface area contributed by atoms with Crippen molar-refractivity contribution in [1.82, 2.24) is 5.32 Å². The molecule has 0 aliphatic carbocycles. The fraction of sp³-hybridized carbons (Fsp3) is 0.474. The number of aliphatic hydroxyl groups excluding tert-OH is 1. The number of rotatable bonds is 6. The molecule has 4 N–H and O–H groups in total. The third-order valence-corrected chi connectivity index (χ3v) is 3.93. The summed E-state index contributed by atoms with van der Waals surface area (Å²) in [5.74, 6) is 5.53. The van der Waals surface area contributed by atoms with Crippen LogP contribution in [0.5, 0.6) is 0 Å². The van der Waals surface area contributed by atoms with E-state index >= 15 is 0 Å². The van der Waals surface area contributed by atoms with Gasteiger partial charge >= 0.3 is 0 Å². The molecule has 0 bridgehead atoms. The zero-order valence-corrected chi connectivity index (χ0v) is 14.1. The van der Waals surface area contributed by atoms with E-state index in [2.05, 4.69) is 17.2 Å². The first-order chi connectivity index (χ1) is 11.7. The molecule has 0 radical (unpaired) electrons. The molecule has 24 heavy (non-hydrogen) atoms. The predicted octanol–water partition coefficient (Wildman–Crippen LogP) is 1.68. The van der Waals surface area contributed by atoms with E-state index in [1.165, 1.54) is 6.42 Å². The summed E-state index contributed by atoms with van der Waals surface area (Å²) >= 11 is 0. The molecule has 2 atom stereocenters. The highest BCUT2D eigenvalue weighted by Gasteiger charge is 2.15. The van der Waals surface area contributed by atoms with E-state index in [0.717, 1.165) is 37.1 Å². The Hall–Kier alpha value is -2.00. The topological polar surface area (TPSA) is 76.7 Å². The van der Waals surface area contributed by atoms with Gasteiger partial charge in [-0.2, -0.15) is 0 Å². The summed E-state index contributed by atoms with van der Waals surface area (Å²) in [6.45, 7) is 1.43. The molecule has 1 fully saturated rings. The molecule has 0 spiro atoms. The fourth-order valence-corrected chi connectivity index (χ4v) is 2.74. The number of methoxy groups -OCH3 is 1. The highest BCUT2D eigenvalue weighted by atomic mass is 16.5. The zero-order chi connectivity index (χ0) is 17.2. The number of ether oxygens (including phenoxy) is 2. The van der Waals surface area contributed by atoms with Crippen molar-refractivity contribution in [3.8, 4) is 11.8 Å². The van der Waals surface area contributed by atoms with Crippen LogP contribution in [0.2, 0.25) is 0 Å². The molecule has 130 valence electrons. The Morgan fingerprint density at radius 3 is 3.12 bits per heavy atom. The van der Waals surface area contributed by atoms with Gasteiger partial charge in [-0.15, -0.1) is 0 Å². The average molecular weight is 330 g/mol. The van der Waals surface area contributed by atoms with Crippen molar-refractivity contribution in [2.24, 2.45) is 5.73 Å². The van der Waals surface area contributed by atoms with Gasteiger partial charge in [0.25, 0.3) is 0 Å². The van der Waals surface area contributed by atoms with Crippen molar-refractivity contribution in [2.45, 2.75) is 31.5 Å². The van der Waals surface area contributed by atoms with Crippen molar-refractivity contribution in [3.05, 3.63) is 47.3 Å². The summed E-state index contributed by atoms with van der Waals surface area (Å²) < 4.78 is 11.2. The molecule has 2 unspecified atom stereocenters. The lowest BCUT2D eigenvalue weighted by Crippen LogP contribution is -2.30. The van der Waals surface area contributed by atoms with Crippen molar-refractivity contribution in [2.75, 3.05) is 26.9 Å². The lowest BCUT2D eigenvalue weighted by atomic mass is 10.0. The molecule has 2 rings (SSSR count). The molecule has 1 aliphatic heterocycles. The number of hydrogen-bond acceptors (Lipinski definition) is 5. The van der Waals surface area contributed by atoms with Crippen molar-refractivity contribution in [3.63, 3.8) is 0 Å². The van der Waals surface area contributed by atoms with Crippen molar-refractivity contribution >= 4 is 0 Å². The number of nitrogens with one attached hydrogen (secondary N) is 1. The van der Waals surface area contributed by atoms with Crippen LogP contribution in [0.3, 0.4) is 0 Å². The zero-order valence-electron chi connectivity index (χ0n) is 14.1. The van der Waals surface area contributed by atoms with Crippen LogP contribution in [0.4, 0.5) is 0 Å². The van der Waals surface area contributed by atoms with Crippen LogP contribution in [0, 0.1) is 11.8 Å². The maximum absolute atomic E-state index is 8.80. The maximum atomic E-state index is 8.80. The van der Waals surface area contributed by atoms with Gasteiger partial charge in [0.2, 0.25) is 0 Å². The Morgan fingerprint density at radius 2 is 2.42 bits per heavy atom. The fourth-order valence-electron chi connectivity index (χ4n) is 2.74. The summed E-state index contributed by atoms with van der Waals surface area (Å²) in [6, 6.07) is 7.65. The van der Waals surface area contributed by atoms with Crippen molar-refractivity contribution < 1.29 is 14.6 Å². The molecule has 1 aliphatic rings. The minimum absolute atomic E-state index is 0.160. The second-order valence-corrected chi connectivity index (χ2v) is 5.74. The lowest BCUT2D eigenvalue weighted by Gasteiger charge is -2.23. The summed E-state index contributed by atoms with van der Waals surface area (Å²) in [7, 11) is 1.63. The predicted molar refractivity (Wildman–Crippen MR) is 94.0 cm³/mol. The second-order valence-electron chi connectivity index (χ2n) is 5.74. The van der Waals surface area contributed by atoms with E-state index in [4.69, 9.17) is 20.3 Å². The van der Waals surface area contributed by atoms with Crippen molar-refractivity contribution in [1.29, 1.82) is 0 Å². The van der Waals surface area contributed by atoms with Crippen LogP contribution in [0.1, 0.15) is 36.5 Å². The molecule has 1 saturated heterocycles. The van der Waals surface area contributed by atoms with Crippen LogP contribution in [-0.4, -0.2) is 38.1 Å². The molecule has 5 nitrogen and oxygen atoms in total. The average Bonchev–Trinajstić information content (AvgIpc) is 2.62. The van der Waals surface area contributed by atoms with E-state index < -0.39 is 0 Å². The Labute approximate surface area is 143 Å². The smallest absolute Gasteiger partial charge is 0.123 e. The second kappa shape index (κ2) is 9.99. The minimum atomic E-state index is -0.347. The molecule has 5 heteroatoms. The van der Waals surface area contributed by atoms with Gasteiger partial charge < -0.3 is 25.6 Å². The molecule has 1 heterocycles. The van der Waals surface area contributed by atoms with E-state index in [0.29, 0.717) is 5.70 Å². The number of benzene rings is 1. The minimum Gasteiger partial charge on any atom is -0.398 e. The normalized spacial score (nSPS) is 19.2. The third kappa shape index (κ3) is 5.57. The molecule has 0 amide bonds. The summed E-state index contributed by atoms with van der Waals surface area (Å²) in [4.78, 5) is 0. The standard InChI is InChI=1S/C19H26N2O3/c1-23-19(16-8-4-6-15(12-16)7-5-10-22)18(20)14-21-13-17-9-2-3-11-24-17/h4,6,8,12,14,17,19,21-22H,2-3,9-11,13,20H2,1H3/b18-14-. The third-order valence-electron chi connectivity index (χ3n) is 3.93. The monoisotopic (exact) mass is 330 g/mol. The van der Waals surface area contributed by atoms with Gasteiger partial charge in [0.15, 0.2) is 0 Å². The summed E-state index contributed by atoms with van der Waals surface area (Å²) in [5, 5.41) is 12.0. The van der Waals surface area contributed by atoms with Crippen LogP contribution in [0.15, 0.2) is 36.2 Å². The summed E-state index contributed by atoms with van der Waals surface area (Å²) in [6.07, 6.45) is 5.14. The van der Waals surface area contributed by atoms with Gasteiger partial charge in [0, 0.05) is 32.0 Å². The van der Waals surface area contributed by atoms with E-state index in [1.54, 1.807) is 13.3 Å². The molecular formula is C19H26N2O3. The van der Waals surface area contributed by atoms with Crippen LogP contribution in [0.25, 0.3) is 0 Å². The Bertz CT molecular complexity index is 598. The Balaban J connectivity index is 1.99. The molecule has 1 aromatic rings. The molecular weight excluding hydrogens is 304 g/mol. The largest absolute Gasteiger partial charge is 0.398 e. The SMILES string of the molecule is COC(/C(N)=C/NCC1CCCCO1)c1cccc(C#CCO)c1. The van der Waals surface area contributed by atoms with Gasteiger partial charge in [-0.25, -0.2) is 0 Å². The maximum Gasteiger partial charge on any atom is 0.123 e. The van der Waals surface area contributed by atoms with Crippen LogP contribution < -0.4 is 11.1 Å². The van der Waals surface area contributed by atoms with Gasteiger partial charge in [0.1, 0.15) is 12.7 Å². The molecule has 1 aromatic carbocycles. The lowest BCUT2D eigenvalue weighted by molar-refractivity contribution is 0.0187. The Kier molecular flexibility index (Phi) is 7.63. The first-order valence-electron chi connectivity index (χ1n) is 8.27. The first kappa shape index (κ1) is 18.3.